The zero-order chi connectivity index (χ0) is 21.0. The Balaban J connectivity index is 1.98. The van der Waals surface area contributed by atoms with Crippen molar-refractivity contribution in [3.63, 3.8) is 0 Å². The summed E-state index contributed by atoms with van der Waals surface area (Å²) in [6.07, 6.45) is 3.19. The molecule has 0 bridgehead atoms. The molecule has 0 aliphatic carbocycles. The highest BCUT2D eigenvalue weighted by atomic mass is 127. The number of halogens is 3. The second-order valence-electron chi connectivity index (χ2n) is 5.82. The second kappa shape index (κ2) is 9.65. The highest BCUT2D eigenvalue weighted by Gasteiger charge is 2.26. The Morgan fingerprint density at radius 1 is 1.21 bits per heavy atom. The summed E-state index contributed by atoms with van der Waals surface area (Å²) in [5, 5.41) is 0.796. The Morgan fingerprint density at radius 2 is 2.00 bits per heavy atom. The molecule has 5 nitrogen and oxygen atoms in total. The Hall–Kier alpha value is -2.03. The van der Waals surface area contributed by atoms with Crippen molar-refractivity contribution in [3.8, 4) is 11.5 Å². The third-order valence-electron chi connectivity index (χ3n) is 3.76. The van der Waals surface area contributed by atoms with Crippen LogP contribution >= 0.6 is 45.8 Å². The van der Waals surface area contributed by atoms with E-state index in [1.165, 1.54) is 0 Å². The summed E-state index contributed by atoms with van der Waals surface area (Å²) in [5.41, 5.74) is 1.31. The lowest BCUT2D eigenvalue weighted by Gasteiger charge is -2.13. The third kappa shape index (κ3) is 5.12. The van der Waals surface area contributed by atoms with Gasteiger partial charge in [-0.15, -0.1) is 0 Å². The molecular formula is C21H16Cl2INO4. The van der Waals surface area contributed by atoms with Crippen molar-refractivity contribution < 1.29 is 19.0 Å². The predicted octanol–water partition coefficient (Wildman–Crippen LogP) is 5.91. The van der Waals surface area contributed by atoms with Gasteiger partial charge in [-0.05, 0) is 71.5 Å². The fraction of sp³-hybridized carbons (Fsp3) is 0.143. The van der Waals surface area contributed by atoms with Crippen molar-refractivity contribution in [1.82, 2.24) is 0 Å². The van der Waals surface area contributed by atoms with Gasteiger partial charge in [-0.1, -0.05) is 35.9 Å². The highest BCUT2D eigenvalue weighted by molar-refractivity contribution is 14.1. The lowest BCUT2D eigenvalue weighted by molar-refractivity contribution is -0.129. The number of hydrogen-bond donors (Lipinski definition) is 0. The van der Waals surface area contributed by atoms with E-state index >= 15 is 0 Å². The number of rotatable bonds is 7. The predicted molar refractivity (Wildman–Crippen MR) is 123 cm³/mol. The molecule has 1 aliphatic rings. The van der Waals surface area contributed by atoms with Crippen LogP contribution in [0.2, 0.25) is 10.0 Å². The van der Waals surface area contributed by atoms with E-state index < -0.39 is 5.97 Å². The van der Waals surface area contributed by atoms with E-state index in [-0.39, 0.29) is 18.2 Å². The molecule has 0 unspecified atom stereocenters. The summed E-state index contributed by atoms with van der Waals surface area (Å²) in [6, 6.07) is 8.77. The van der Waals surface area contributed by atoms with E-state index in [1.807, 2.05) is 13.0 Å². The normalized spacial score (nSPS) is 14.6. The molecule has 0 saturated heterocycles. The molecule has 150 valence electrons. The molecule has 0 atom stereocenters. The molecule has 0 saturated carbocycles. The zero-order valence-electron chi connectivity index (χ0n) is 15.4. The molecule has 1 aliphatic heterocycles. The molecule has 0 fully saturated rings. The topological polar surface area (TPSA) is 57.1 Å². The van der Waals surface area contributed by atoms with E-state index in [0.29, 0.717) is 39.3 Å². The van der Waals surface area contributed by atoms with Gasteiger partial charge in [0.15, 0.2) is 17.2 Å². The summed E-state index contributed by atoms with van der Waals surface area (Å²) < 4.78 is 17.5. The van der Waals surface area contributed by atoms with Crippen LogP contribution in [0.5, 0.6) is 11.5 Å². The van der Waals surface area contributed by atoms with Gasteiger partial charge in [0.25, 0.3) is 0 Å². The number of cyclic esters (lactones) is 1. The summed E-state index contributed by atoms with van der Waals surface area (Å²) in [6.45, 7) is 6.19. The third-order valence-corrected chi connectivity index (χ3v) is 5.04. The molecule has 0 aromatic heterocycles. The molecule has 8 heteroatoms. The smallest absolute Gasteiger partial charge is 0.363 e. The quantitative estimate of drug-likeness (QED) is 0.189. The van der Waals surface area contributed by atoms with Crippen molar-refractivity contribution in [1.29, 1.82) is 0 Å². The Morgan fingerprint density at radius 3 is 2.72 bits per heavy atom. The highest BCUT2D eigenvalue weighted by Crippen LogP contribution is 2.37. The second-order valence-corrected chi connectivity index (χ2v) is 7.88. The van der Waals surface area contributed by atoms with Crippen LogP contribution in [0.15, 0.2) is 53.7 Å². The van der Waals surface area contributed by atoms with Crippen LogP contribution in [0.25, 0.3) is 6.08 Å². The molecule has 3 rings (SSSR count). The van der Waals surface area contributed by atoms with Crippen molar-refractivity contribution in [2.24, 2.45) is 4.99 Å². The van der Waals surface area contributed by atoms with Crippen LogP contribution in [-0.4, -0.2) is 25.1 Å². The minimum absolute atomic E-state index is 0.133. The number of carbonyl (C=O) groups excluding carboxylic acids is 1. The molecule has 0 amide bonds. The number of aliphatic imine (C=N–C) groups is 1. The van der Waals surface area contributed by atoms with Gasteiger partial charge in [-0.3, -0.25) is 0 Å². The lowest BCUT2D eigenvalue weighted by atomic mass is 10.1. The number of esters is 1. The lowest BCUT2D eigenvalue weighted by Crippen LogP contribution is -2.06. The van der Waals surface area contributed by atoms with E-state index in [0.717, 1.165) is 3.57 Å². The average Bonchev–Trinajstić information content (AvgIpc) is 3.03. The maximum atomic E-state index is 12.3. The maximum Gasteiger partial charge on any atom is 0.363 e. The molecule has 1 heterocycles. The first kappa shape index (κ1) is 21.7. The fourth-order valence-electron chi connectivity index (χ4n) is 2.56. The maximum absolute atomic E-state index is 12.3. The van der Waals surface area contributed by atoms with Crippen LogP contribution in [0, 0.1) is 3.57 Å². The summed E-state index contributed by atoms with van der Waals surface area (Å²) in [5.74, 6) is 0.465. The van der Waals surface area contributed by atoms with Crippen molar-refractivity contribution in [3.05, 3.63) is 73.4 Å². The van der Waals surface area contributed by atoms with Gasteiger partial charge in [-0.2, -0.15) is 0 Å². The van der Waals surface area contributed by atoms with E-state index in [9.17, 15) is 4.79 Å². The fourth-order valence-corrected chi connectivity index (χ4v) is 3.52. The molecule has 29 heavy (non-hydrogen) atoms. The largest absolute Gasteiger partial charge is 0.490 e. The molecule has 2 aromatic rings. The van der Waals surface area contributed by atoms with Gasteiger partial charge in [0.1, 0.15) is 6.61 Å². The number of nitrogens with zero attached hydrogens (tertiary/aromatic N) is 1. The number of benzene rings is 2. The van der Waals surface area contributed by atoms with Gasteiger partial charge < -0.3 is 14.2 Å². The van der Waals surface area contributed by atoms with Gasteiger partial charge in [0, 0.05) is 3.57 Å². The van der Waals surface area contributed by atoms with Crippen LogP contribution in [-0.2, 0) is 9.53 Å². The van der Waals surface area contributed by atoms with Gasteiger partial charge in [0.05, 0.1) is 22.2 Å². The summed E-state index contributed by atoms with van der Waals surface area (Å²) >= 11 is 14.7. The van der Waals surface area contributed by atoms with Gasteiger partial charge in [-0.25, -0.2) is 9.79 Å². The minimum atomic E-state index is -0.573. The average molecular weight is 544 g/mol. The first-order valence-corrected chi connectivity index (χ1v) is 10.4. The van der Waals surface area contributed by atoms with Crippen molar-refractivity contribution in [2.75, 3.05) is 13.2 Å². The summed E-state index contributed by atoms with van der Waals surface area (Å²) in [4.78, 5) is 16.6. The van der Waals surface area contributed by atoms with Crippen LogP contribution in [0.4, 0.5) is 0 Å². The summed E-state index contributed by atoms with van der Waals surface area (Å²) in [7, 11) is 0. The standard InChI is InChI=1S/C21H16Cl2INO4/c1-3-7-28-19-16(23)8-12(10-18(19)27-4-2)9-17-21(26)29-20(25-17)14-11-13(24)5-6-15(14)22/h3,5-6,8-11H,1,4,7H2,2H3/b17-9-. The Kier molecular flexibility index (Phi) is 7.21. The number of ether oxygens (including phenoxy) is 3. The first-order chi connectivity index (χ1) is 13.9. The minimum Gasteiger partial charge on any atom is -0.490 e. The first-order valence-electron chi connectivity index (χ1n) is 8.61. The Labute approximate surface area is 192 Å². The van der Waals surface area contributed by atoms with Crippen LogP contribution in [0.3, 0.4) is 0 Å². The van der Waals surface area contributed by atoms with E-state index in [4.69, 9.17) is 37.4 Å². The molecular weight excluding hydrogens is 528 g/mol. The molecule has 0 N–H and O–H groups in total. The number of hydrogen-bond acceptors (Lipinski definition) is 5. The van der Waals surface area contributed by atoms with Gasteiger partial charge >= 0.3 is 5.97 Å². The zero-order valence-corrected chi connectivity index (χ0v) is 19.0. The SMILES string of the molecule is C=CCOc1c(Cl)cc(/C=C2\N=C(c3cc(I)ccc3Cl)OC2=O)cc1OCC. The van der Waals surface area contributed by atoms with E-state index in [2.05, 4.69) is 34.2 Å². The van der Waals surface area contributed by atoms with Crippen molar-refractivity contribution in [2.45, 2.75) is 6.92 Å². The number of carbonyl (C=O) groups is 1. The monoisotopic (exact) mass is 543 g/mol. The molecule has 2 aromatic carbocycles. The van der Waals surface area contributed by atoms with E-state index in [1.54, 1.807) is 36.4 Å². The molecule has 0 spiro atoms. The van der Waals surface area contributed by atoms with Crippen molar-refractivity contribution >= 4 is 63.7 Å². The molecule has 0 radical (unpaired) electrons. The Bertz CT molecular complexity index is 1030. The van der Waals surface area contributed by atoms with Crippen LogP contribution < -0.4 is 9.47 Å². The van der Waals surface area contributed by atoms with Crippen LogP contribution in [0.1, 0.15) is 18.1 Å². The van der Waals surface area contributed by atoms with Gasteiger partial charge in [0.2, 0.25) is 5.90 Å².